The van der Waals surface area contributed by atoms with Gasteiger partial charge < -0.3 is 20.7 Å². The highest BCUT2D eigenvalue weighted by Crippen LogP contribution is 2.22. The summed E-state index contributed by atoms with van der Waals surface area (Å²) in [5.74, 6) is 0.0374. The molecule has 1 rings (SSSR count). The summed E-state index contributed by atoms with van der Waals surface area (Å²) in [6, 6.07) is 6.48. The minimum absolute atomic E-state index is 0.0328. The van der Waals surface area contributed by atoms with E-state index in [0.29, 0.717) is 18.0 Å². The van der Waals surface area contributed by atoms with E-state index in [1.165, 1.54) is 12.0 Å². The van der Waals surface area contributed by atoms with Gasteiger partial charge in [0.05, 0.1) is 25.4 Å². The molecule has 0 radical (unpaired) electrons. The van der Waals surface area contributed by atoms with E-state index in [2.05, 4.69) is 5.32 Å². The minimum Gasteiger partial charge on any atom is -0.495 e. The number of nitrogens with two attached hydrogens (primary N) is 1. The maximum absolute atomic E-state index is 12.0. The highest BCUT2D eigenvalue weighted by Gasteiger charge is 2.19. The molecule has 0 saturated heterocycles. The fraction of sp³-hybridized carbons (Fsp3) is 0.429. The number of amides is 2. The monoisotopic (exact) mass is 279 g/mol. The lowest BCUT2D eigenvalue weighted by molar-refractivity contribution is -0.135. The van der Waals surface area contributed by atoms with Crippen molar-refractivity contribution in [3.05, 3.63) is 24.3 Å². The quantitative estimate of drug-likeness (QED) is 0.807. The van der Waals surface area contributed by atoms with Crippen LogP contribution in [0.15, 0.2) is 24.3 Å². The zero-order chi connectivity index (χ0) is 15.1. The number of methoxy groups -OCH3 is 1. The third-order valence-electron chi connectivity index (χ3n) is 2.80. The van der Waals surface area contributed by atoms with Crippen LogP contribution in [0.4, 0.5) is 5.69 Å². The number of hydrogen-bond acceptors (Lipinski definition) is 4. The topological polar surface area (TPSA) is 84.7 Å². The Hall–Kier alpha value is -2.08. The molecular formula is C14H21N3O3. The molecule has 0 spiro atoms. The Labute approximate surface area is 118 Å². The van der Waals surface area contributed by atoms with Crippen LogP contribution in [-0.4, -0.2) is 43.0 Å². The highest BCUT2D eigenvalue weighted by atomic mass is 16.5. The van der Waals surface area contributed by atoms with Gasteiger partial charge in [-0.15, -0.1) is 0 Å². The second kappa shape index (κ2) is 7.49. The summed E-state index contributed by atoms with van der Waals surface area (Å²) in [6.45, 7) is 3.80. The van der Waals surface area contributed by atoms with Crippen LogP contribution in [0.25, 0.3) is 0 Å². The average molecular weight is 279 g/mol. The molecule has 20 heavy (non-hydrogen) atoms. The van der Waals surface area contributed by atoms with Crippen molar-refractivity contribution in [3.8, 4) is 5.75 Å². The van der Waals surface area contributed by atoms with Gasteiger partial charge in [-0.05, 0) is 26.0 Å². The molecule has 6 heteroatoms. The van der Waals surface area contributed by atoms with Gasteiger partial charge >= 0.3 is 0 Å². The minimum atomic E-state index is -0.617. The lowest BCUT2D eigenvalue weighted by Gasteiger charge is -2.22. The Morgan fingerprint density at radius 1 is 1.40 bits per heavy atom. The maximum atomic E-state index is 12.0. The van der Waals surface area contributed by atoms with E-state index >= 15 is 0 Å². The summed E-state index contributed by atoms with van der Waals surface area (Å²) in [5, 5.41) is 2.72. The van der Waals surface area contributed by atoms with Crippen molar-refractivity contribution < 1.29 is 14.3 Å². The Morgan fingerprint density at radius 3 is 2.60 bits per heavy atom. The molecule has 0 aromatic heterocycles. The molecule has 0 aliphatic carbocycles. The molecule has 1 atom stereocenters. The molecular weight excluding hydrogens is 258 g/mol. The molecule has 0 bridgehead atoms. The van der Waals surface area contributed by atoms with E-state index in [1.807, 2.05) is 6.07 Å². The van der Waals surface area contributed by atoms with Crippen LogP contribution < -0.4 is 15.8 Å². The molecule has 0 fully saturated rings. The number of rotatable bonds is 6. The normalized spacial score (nSPS) is 11.6. The third-order valence-corrected chi connectivity index (χ3v) is 2.80. The van der Waals surface area contributed by atoms with E-state index in [4.69, 9.17) is 10.5 Å². The molecule has 0 heterocycles. The van der Waals surface area contributed by atoms with Gasteiger partial charge in [-0.1, -0.05) is 12.1 Å². The van der Waals surface area contributed by atoms with E-state index < -0.39 is 6.04 Å². The summed E-state index contributed by atoms with van der Waals surface area (Å²) in [7, 11) is 1.53. The van der Waals surface area contributed by atoms with Crippen LogP contribution >= 0.6 is 0 Å². The Kier molecular flexibility index (Phi) is 5.99. The maximum Gasteiger partial charge on any atom is 0.244 e. The van der Waals surface area contributed by atoms with Crippen molar-refractivity contribution in [2.24, 2.45) is 5.73 Å². The first kappa shape index (κ1) is 16.0. The zero-order valence-corrected chi connectivity index (χ0v) is 12.1. The first-order chi connectivity index (χ1) is 9.49. The van der Waals surface area contributed by atoms with Gasteiger partial charge in [0, 0.05) is 6.54 Å². The van der Waals surface area contributed by atoms with Gasteiger partial charge in [0.1, 0.15) is 5.75 Å². The van der Waals surface area contributed by atoms with Crippen LogP contribution in [0.3, 0.4) is 0 Å². The van der Waals surface area contributed by atoms with Crippen molar-refractivity contribution in [2.75, 3.05) is 25.5 Å². The number of likely N-dealkylation sites (N-methyl/N-ethyl adjacent to an activating group) is 1. The first-order valence-corrected chi connectivity index (χ1v) is 6.46. The number of carbonyl (C=O) groups excluding carboxylic acids is 2. The molecule has 0 aliphatic rings. The molecule has 1 aromatic carbocycles. The molecule has 0 aliphatic heterocycles. The van der Waals surface area contributed by atoms with Crippen molar-refractivity contribution in [3.63, 3.8) is 0 Å². The number of carbonyl (C=O) groups is 2. The molecule has 6 nitrogen and oxygen atoms in total. The summed E-state index contributed by atoms with van der Waals surface area (Å²) in [5.41, 5.74) is 6.12. The predicted molar refractivity (Wildman–Crippen MR) is 77.5 cm³/mol. The fourth-order valence-corrected chi connectivity index (χ4v) is 1.74. The molecule has 3 N–H and O–H groups in total. The molecule has 0 saturated carbocycles. The molecule has 110 valence electrons. The van der Waals surface area contributed by atoms with Gasteiger partial charge in [-0.3, -0.25) is 9.59 Å². The second-order valence-corrected chi connectivity index (χ2v) is 4.39. The standard InChI is InChI=1S/C14H21N3O3/c1-4-17(14(19)10(2)15)9-13(18)16-11-7-5-6-8-12(11)20-3/h5-8,10H,4,9,15H2,1-3H3,(H,16,18)/t10-/m1/s1. The van der Waals surface area contributed by atoms with Crippen molar-refractivity contribution >= 4 is 17.5 Å². The number of benzene rings is 1. The summed E-state index contributed by atoms with van der Waals surface area (Å²) >= 11 is 0. The summed E-state index contributed by atoms with van der Waals surface area (Å²) in [6.07, 6.45) is 0. The number of nitrogens with zero attached hydrogens (tertiary/aromatic N) is 1. The van der Waals surface area contributed by atoms with E-state index in [9.17, 15) is 9.59 Å². The Balaban J connectivity index is 2.69. The van der Waals surface area contributed by atoms with Gasteiger partial charge in [-0.25, -0.2) is 0 Å². The number of anilines is 1. The lowest BCUT2D eigenvalue weighted by Crippen LogP contribution is -2.45. The van der Waals surface area contributed by atoms with Crippen LogP contribution in [0, 0.1) is 0 Å². The van der Waals surface area contributed by atoms with E-state index in [1.54, 1.807) is 32.0 Å². The zero-order valence-electron chi connectivity index (χ0n) is 12.1. The first-order valence-electron chi connectivity index (χ1n) is 6.46. The number of para-hydroxylation sites is 2. The van der Waals surface area contributed by atoms with Crippen molar-refractivity contribution in [1.82, 2.24) is 4.90 Å². The van der Waals surface area contributed by atoms with Gasteiger partial charge in [0.2, 0.25) is 11.8 Å². The summed E-state index contributed by atoms with van der Waals surface area (Å²) < 4.78 is 5.15. The Morgan fingerprint density at radius 2 is 2.05 bits per heavy atom. The fourth-order valence-electron chi connectivity index (χ4n) is 1.74. The largest absolute Gasteiger partial charge is 0.495 e. The highest BCUT2D eigenvalue weighted by molar-refractivity contribution is 5.96. The average Bonchev–Trinajstić information content (AvgIpc) is 2.44. The van der Waals surface area contributed by atoms with Crippen molar-refractivity contribution in [2.45, 2.75) is 19.9 Å². The van der Waals surface area contributed by atoms with Crippen LogP contribution in [0.2, 0.25) is 0 Å². The summed E-state index contributed by atoms with van der Waals surface area (Å²) in [4.78, 5) is 25.2. The number of hydrogen-bond donors (Lipinski definition) is 2. The van der Waals surface area contributed by atoms with Gasteiger partial charge in [0.25, 0.3) is 0 Å². The van der Waals surface area contributed by atoms with E-state index in [0.717, 1.165) is 0 Å². The number of ether oxygens (including phenoxy) is 1. The van der Waals surface area contributed by atoms with Crippen molar-refractivity contribution in [1.29, 1.82) is 0 Å². The number of nitrogens with one attached hydrogen (secondary N) is 1. The third kappa shape index (κ3) is 4.24. The van der Waals surface area contributed by atoms with Gasteiger partial charge in [-0.2, -0.15) is 0 Å². The SMILES string of the molecule is CCN(CC(=O)Nc1ccccc1OC)C(=O)[C@@H](C)N. The molecule has 2 amide bonds. The van der Waals surface area contributed by atoms with Crippen LogP contribution in [-0.2, 0) is 9.59 Å². The van der Waals surface area contributed by atoms with Gasteiger partial charge in [0.15, 0.2) is 0 Å². The molecule has 1 aromatic rings. The lowest BCUT2D eigenvalue weighted by atomic mass is 10.2. The smallest absolute Gasteiger partial charge is 0.244 e. The second-order valence-electron chi connectivity index (χ2n) is 4.39. The van der Waals surface area contributed by atoms with Crippen LogP contribution in [0.1, 0.15) is 13.8 Å². The Bertz CT molecular complexity index is 474. The van der Waals surface area contributed by atoms with E-state index in [-0.39, 0.29) is 18.4 Å². The molecule has 0 unspecified atom stereocenters. The van der Waals surface area contributed by atoms with Crippen LogP contribution in [0.5, 0.6) is 5.75 Å². The predicted octanol–water partition coefficient (Wildman–Crippen LogP) is 0.829.